The van der Waals surface area contributed by atoms with Crippen LogP contribution in [0.4, 0.5) is 5.69 Å². The molecule has 4 saturated carbocycles. The summed E-state index contributed by atoms with van der Waals surface area (Å²) in [6, 6.07) is 9.71. The highest BCUT2D eigenvalue weighted by Gasteiger charge is 2.48. The van der Waals surface area contributed by atoms with Crippen molar-refractivity contribution in [3.8, 4) is 0 Å². The van der Waals surface area contributed by atoms with Crippen LogP contribution in [-0.2, 0) is 0 Å². The lowest BCUT2D eigenvalue weighted by molar-refractivity contribution is 0.00754. The minimum absolute atomic E-state index is 0.764. The summed E-state index contributed by atoms with van der Waals surface area (Å²) in [7, 11) is 0. The Morgan fingerprint density at radius 2 is 1.39 bits per heavy atom. The Morgan fingerprint density at radius 1 is 0.833 bits per heavy atom. The third-order valence-corrected chi connectivity index (χ3v) is 5.61. The van der Waals surface area contributed by atoms with Gasteiger partial charge in [-0.05, 0) is 74.8 Å². The van der Waals surface area contributed by atoms with E-state index in [4.69, 9.17) is 0 Å². The number of hydrogen-bond donors (Lipinski definition) is 1. The van der Waals surface area contributed by atoms with Crippen LogP contribution in [0.3, 0.4) is 0 Å². The van der Waals surface area contributed by atoms with Gasteiger partial charge in [0.25, 0.3) is 0 Å². The summed E-state index contributed by atoms with van der Waals surface area (Å²) >= 11 is 0. The van der Waals surface area contributed by atoms with E-state index in [1.54, 1.807) is 6.42 Å². The normalized spacial score (nSPS) is 41.1. The van der Waals surface area contributed by atoms with Gasteiger partial charge in [0.05, 0.1) is 0 Å². The second-order valence-corrected chi connectivity index (χ2v) is 6.97. The maximum atomic E-state index is 3.85. The molecule has 0 unspecified atom stereocenters. The van der Waals surface area contributed by atoms with Crippen LogP contribution in [0.2, 0.25) is 0 Å². The van der Waals surface area contributed by atoms with Crippen LogP contribution in [0.25, 0.3) is 0 Å². The molecule has 1 nitrogen and oxygen atoms in total. The molecule has 18 heavy (non-hydrogen) atoms. The summed E-state index contributed by atoms with van der Waals surface area (Å²) < 4.78 is 0. The summed E-state index contributed by atoms with van der Waals surface area (Å²) in [4.78, 5) is 0. The fourth-order valence-electron chi connectivity index (χ4n) is 5.00. The molecule has 0 atom stereocenters. The van der Waals surface area contributed by atoms with E-state index in [2.05, 4.69) is 36.5 Å². The molecule has 1 N–H and O–H groups in total. The predicted molar refractivity (Wildman–Crippen MR) is 75.6 cm³/mol. The molecule has 4 fully saturated rings. The minimum atomic E-state index is 0.764. The average molecular weight is 241 g/mol. The first-order chi connectivity index (χ1) is 8.78. The van der Waals surface area contributed by atoms with Crippen molar-refractivity contribution in [1.82, 2.24) is 0 Å². The number of aryl methyl sites for hydroxylation is 1. The molecule has 0 aromatic heterocycles. The van der Waals surface area contributed by atoms with E-state index in [1.807, 2.05) is 0 Å². The summed E-state index contributed by atoms with van der Waals surface area (Å²) in [6.07, 6.45) is 7.53. The second-order valence-electron chi connectivity index (χ2n) is 6.97. The topological polar surface area (TPSA) is 12.0 Å². The quantitative estimate of drug-likeness (QED) is 0.817. The average Bonchev–Trinajstić information content (AvgIpc) is 2.35. The van der Waals surface area contributed by atoms with E-state index in [-0.39, 0.29) is 0 Å². The Bertz CT molecular complexity index is 405. The SMILES string of the molecule is Cc1ccc(NC2C3CC4CC(C3)CC2C4)cc1. The lowest BCUT2D eigenvalue weighted by Crippen LogP contribution is -2.51. The van der Waals surface area contributed by atoms with Crippen molar-refractivity contribution in [3.63, 3.8) is 0 Å². The van der Waals surface area contributed by atoms with Gasteiger partial charge in [0, 0.05) is 11.7 Å². The molecule has 5 rings (SSSR count). The van der Waals surface area contributed by atoms with Crippen molar-refractivity contribution >= 4 is 5.69 Å². The van der Waals surface area contributed by atoms with E-state index in [0.717, 1.165) is 29.7 Å². The zero-order valence-electron chi connectivity index (χ0n) is 11.2. The fraction of sp³-hybridized carbons (Fsp3) is 0.647. The first kappa shape index (κ1) is 10.9. The van der Waals surface area contributed by atoms with Gasteiger partial charge < -0.3 is 5.32 Å². The number of hydrogen-bond acceptors (Lipinski definition) is 1. The predicted octanol–water partition coefficient (Wildman–Crippen LogP) is 4.23. The first-order valence-electron chi connectivity index (χ1n) is 7.61. The number of benzene rings is 1. The first-order valence-corrected chi connectivity index (χ1v) is 7.61. The molecule has 0 radical (unpaired) electrons. The van der Waals surface area contributed by atoms with Crippen molar-refractivity contribution in [2.45, 2.75) is 45.1 Å². The molecular formula is C17H23N. The number of anilines is 1. The molecule has 0 amide bonds. The third-order valence-electron chi connectivity index (χ3n) is 5.61. The van der Waals surface area contributed by atoms with Crippen molar-refractivity contribution < 1.29 is 0 Å². The van der Waals surface area contributed by atoms with Gasteiger partial charge in [-0.3, -0.25) is 0 Å². The summed E-state index contributed by atoms with van der Waals surface area (Å²) in [5, 5.41) is 3.85. The molecule has 4 aliphatic rings. The van der Waals surface area contributed by atoms with Crippen LogP contribution in [0.1, 0.15) is 37.7 Å². The van der Waals surface area contributed by atoms with E-state index in [1.165, 1.54) is 36.9 Å². The Labute approximate surface area is 110 Å². The van der Waals surface area contributed by atoms with Gasteiger partial charge in [-0.1, -0.05) is 17.7 Å². The van der Waals surface area contributed by atoms with Crippen LogP contribution in [0.15, 0.2) is 24.3 Å². The largest absolute Gasteiger partial charge is 0.382 e. The molecule has 4 bridgehead atoms. The highest BCUT2D eigenvalue weighted by atomic mass is 14.9. The Balaban J connectivity index is 1.53. The van der Waals surface area contributed by atoms with Crippen LogP contribution >= 0.6 is 0 Å². The summed E-state index contributed by atoms with van der Waals surface area (Å²) in [5.41, 5.74) is 2.68. The molecule has 1 aromatic rings. The Morgan fingerprint density at radius 3 is 1.94 bits per heavy atom. The lowest BCUT2D eigenvalue weighted by atomic mass is 9.54. The molecule has 1 aromatic carbocycles. The van der Waals surface area contributed by atoms with Gasteiger partial charge in [-0.15, -0.1) is 0 Å². The second kappa shape index (κ2) is 4.01. The van der Waals surface area contributed by atoms with Gasteiger partial charge in [0.1, 0.15) is 0 Å². The minimum Gasteiger partial charge on any atom is -0.382 e. The molecule has 0 aliphatic heterocycles. The maximum Gasteiger partial charge on any atom is 0.0342 e. The molecular weight excluding hydrogens is 218 g/mol. The molecule has 4 aliphatic carbocycles. The number of rotatable bonds is 2. The van der Waals surface area contributed by atoms with E-state index in [9.17, 15) is 0 Å². The van der Waals surface area contributed by atoms with Crippen molar-refractivity contribution in [3.05, 3.63) is 29.8 Å². The van der Waals surface area contributed by atoms with Crippen LogP contribution in [0, 0.1) is 30.6 Å². The number of nitrogens with one attached hydrogen (secondary N) is 1. The zero-order valence-corrected chi connectivity index (χ0v) is 11.2. The monoisotopic (exact) mass is 241 g/mol. The molecule has 0 heterocycles. The van der Waals surface area contributed by atoms with Crippen LogP contribution in [0.5, 0.6) is 0 Å². The third kappa shape index (κ3) is 1.75. The lowest BCUT2D eigenvalue weighted by Gasteiger charge is -2.54. The smallest absolute Gasteiger partial charge is 0.0342 e. The summed E-state index contributed by atoms with van der Waals surface area (Å²) in [6.45, 7) is 2.16. The van der Waals surface area contributed by atoms with Crippen molar-refractivity contribution in [2.24, 2.45) is 23.7 Å². The van der Waals surface area contributed by atoms with Gasteiger partial charge in [-0.2, -0.15) is 0 Å². The van der Waals surface area contributed by atoms with Crippen LogP contribution in [-0.4, -0.2) is 6.04 Å². The van der Waals surface area contributed by atoms with Gasteiger partial charge in [0.2, 0.25) is 0 Å². The molecule has 1 heteroatoms. The Hall–Kier alpha value is -0.980. The standard InChI is InChI=1S/C17H23N/c1-11-2-4-16(5-3-11)18-17-14-7-12-6-13(9-14)10-15(17)8-12/h2-5,12-15,17-18H,6-10H2,1H3. The van der Waals surface area contributed by atoms with Gasteiger partial charge in [0.15, 0.2) is 0 Å². The Kier molecular flexibility index (Phi) is 2.43. The molecule has 0 saturated heterocycles. The van der Waals surface area contributed by atoms with Crippen molar-refractivity contribution in [2.75, 3.05) is 5.32 Å². The molecule has 0 spiro atoms. The molecule has 96 valence electrons. The summed E-state index contributed by atoms with van der Waals surface area (Å²) in [5.74, 6) is 4.07. The van der Waals surface area contributed by atoms with Gasteiger partial charge >= 0.3 is 0 Å². The van der Waals surface area contributed by atoms with Crippen molar-refractivity contribution in [1.29, 1.82) is 0 Å². The maximum absolute atomic E-state index is 3.85. The zero-order chi connectivity index (χ0) is 12.1. The highest BCUT2D eigenvalue weighted by molar-refractivity contribution is 5.45. The van der Waals surface area contributed by atoms with E-state index >= 15 is 0 Å². The fourth-order valence-corrected chi connectivity index (χ4v) is 5.00. The van der Waals surface area contributed by atoms with E-state index < -0.39 is 0 Å². The van der Waals surface area contributed by atoms with Gasteiger partial charge in [-0.25, -0.2) is 0 Å². The van der Waals surface area contributed by atoms with Crippen LogP contribution < -0.4 is 5.32 Å². The van der Waals surface area contributed by atoms with E-state index in [0.29, 0.717) is 0 Å². The highest BCUT2D eigenvalue weighted by Crippen LogP contribution is 2.54.